The first-order chi connectivity index (χ1) is 10.3. The quantitative estimate of drug-likeness (QED) is 0.753. The molecule has 1 heterocycles. The van der Waals surface area contributed by atoms with E-state index in [0.717, 1.165) is 37.0 Å². The normalized spacial score (nSPS) is 26.4. The van der Waals surface area contributed by atoms with Crippen molar-refractivity contribution in [3.8, 4) is 11.5 Å². The predicted molar refractivity (Wildman–Crippen MR) is 90.9 cm³/mol. The molecule has 22 heavy (non-hydrogen) atoms. The summed E-state index contributed by atoms with van der Waals surface area (Å²) < 4.78 is 6.02. The number of ether oxygens (including phenoxy) is 1. The molecule has 1 aromatic rings. The Bertz CT molecular complexity index is 627. The van der Waals surface area contributed by atoms with Crippen LogP contribution in [0.4, 0.5) is 0 Å². The van der Waals surface area contributed by atoms with Gasteiger partial charge in [-0.15, -0.1) is 6.58 Å². The summed E-state index contributed by atoms with van der Waals surface area (Å²) in [6.45, 7) is 13.6. The summed E-state index contributed by atoms with van der Waals surface area (Å²) in [5.74, 6) is 1.13. The molecule has 2 aliphatic rings. The highest BCUT2D eigenvalue weighted by Crippen LogP contribution is 2.51. The second-order valence-electron chi connectivity index (χ2n) is 8.01. The monoisotopic (exact) mass is 300 g/mol. The lowest BCUT2D eigenvalue weighted by Gasteiger charge is -2.36. The molecular formula is C20H28O2. The Morgan fingerprint density at radius 2 is 1.91 bits per heavy atom. The first-order valence-electron chi connectivity index (χ1n) is 8.43. The molecular weight excluding hydrogens is 272 g/mol. The van der Waals surface area contributed by atoms with Gasteiger partial charge in [-0.1, -0.05) is 26.8 Å². The van der Waals surface area contributed by atoms with E-state index >= 15 is 0 Å². The Morgan fingerprint density at radius 3 is 2.59 bits per heavy atom. The van der Waals surface area contributed by atoms with Gasteiger partial charge in [0.15, 0.2) is 11.5 Å². The smallest absolute Gasteiger partial charge is 0.164 e. The molecule has 0 aromatic heterocycles. The zero-order valence-electron chi connectivity index (χ0n) is 14.4. The van der Waals surface area contributed by atoms with Crippen molar-refractivity contribution in [2.75, 3.05) is 6.61 Å². The van der Waals surface area contributed by atoms with E-state index in [2.05, 4.69) is 34.3 Å². The van der Waals surface area contributed by atoms with Gasteiger partial charge in [-0.05, 0) is 61.0 Å². The molecule has 1 aliphatic heterocycles. The maximum Gasteiger partial charge on any atom is 0.164 e. The number of fused-ring (bicyclic) bond motifs is 2. The fourth-order valence-corrected chi connectivity index (χ4v) is 4.23. The minimum Gasteiger partial charge on any atom is -0.504 e. The van der Waals surface area contributed by atoms with Gasteiger partial charge in [0.05, 0.1) is 6.61 Å². The van der Waals surface area contributed by atoms with Crippen LogP contribution in [0.1, 0.15) is 62.3 Å². The number of aromatic hydroxyl groups is 1. The van der Waals surface area contributed by atoms with Crippen LogP contribution in [0.2, 0.25) is 0 Å². The molecule has 0 spiro atoms. The largest absolute Gasteiger partial charge is 0.504 e. The molecule has 1 aromatic carbocycles. The molecule has 3 rings (SSSR count). The van der Waals surface area contributed by atoms with Crippen LogP contribution >= 0.6 is 0 Å². The summed E-state index contributed by atoms with van der Waals surface area (Å²) in [7, 11) is 0. The zero-order chi connectivity index (χ0) is 16.1. The Balaban J connectivity index is 2.25. The summed E-state index contributed by atoms with van der Waals surface area (Å²) in [5, 5.41) is 11.0. The average molecular weight is 300 g/mol. The van der Waals surface area contributed by atoms with Crippen molar-refractivity contribution in [2.45, 2.75) is 65.2 Å². The SMILES string of the molecule is C=CC1(C)CCOc2c(O)c3c(c(C)c2C1)CCCC3(C)C. The number of phenolic OH excluding ortho intramolecular Hbond substituents is 1. The number of phenols is 1. The number of benzene rings is 1. The van der Waals surface area contributed by atoms with Gasteiger partial charge < -0.3 is 9.84 Å². The van der Waals surface area contributed by atoms with E-state index in [4.69, 9.17) is 4.74 Å². The van der Waals surface area contributed by atoms with Crippen LogP contribution in [-0.2, 0) is 18.3 Å². The Labute approximate surface area is 134 Å². The lowest BCUT2D eigenvalue weighted by Crippen LogP contribution is -2.26. The number of rotatable bonds is 1. The highest BCUT2D eigenvalue weighted by molar-refractivity contribution is 5.62. The first-order valence-corrected chi connectivity index (χ1v) is 8.43. The topological polar surface area (TPSA) is 29.5 Å². The van der Waals surface area contributed by atoms with Gasteiger partial charge >= 0.3 is 0 Å². The van der Waals surface area contributed by atoms with Gasteiger partial charge in [0.1, 0.15) is 0 Å². The zero-order valence-corrected chi connectivity index (χ0v) is 14.4. The molecule has 0 amide bonds. The molecule has 1 atom stereocenters. The van der Waals surface area contributed by atoms with Crippen molar-refractivity contribution >= 4 is 0 Å². The Morgan fingerprint density at radius 1 is 1.18 bits per heavy atom. The second-order valence-corrected chi connectivity index (χ2v) is 8.01. The molecule has 1 unspecified atom stereocenters. The van der Waals surface area contributed by atoms with Crippen molar-refractivity contribution in [3.63, 3.8) is 0 Å². The van der Waals surface area contributed by atoms with Crippen LogP contribution < -0.4 is 4.74 Å². The van der Waals surface area contributed by atoms with Crippen molar-refractivity contribution < 1.29 is 9.84 Å². The van der Waals surface area contributed by atoms with E-state index in [9.17, 15) is 5.11 Å². The fourth-order valence-electron chi connectivity index (χ4n) is 4.23. The molecule has 2 heteroatoms. The van der Waals surface area contributed by atoms with E-state index in [1.54, 1.807) is 0 Å². The van der Waals surface area contributed by atoms with E-state index in [1.807, 2.05) is 6.08 Å². The minimum atomic E-state index is 0.0227. The van der Waals surface area contributed by atoms with Crippen molar-refractivity contribution in [2.24, 2.45) is 5.41 Å². The maximum absolute atomic E-state index is 11.0. The predicted octanol–water partition coefficient (Wildman–Crippen LogP) is 4.83. The lowest BCUT2D eigenvalue weighted by atomic mass is 9.69. The molecule has 0 saturated heterocycles. The third-order valence-electron chi connectivity index (χ3n) is 5.83. The molecule has 120 valence electrons. The van der Waals surface area contributed by atoms with E-state index < -0.39 is 0 Å². The molecule has 0 radical (unpaired) electrons. The fraction of sp³-hybridized carbons (Fsp3) is 0.600. The number of hydrogen-bond acceptors (Lipinski definition) is 2. The average Bonchev–Trinajstić information content (AvgIpc) is 2.64. The minimum absolute atomic E-state index is 0.0227. The molecule has 1 aliphatic carbocycles. The maximum atomic E-state index is 11.0. The molecule has 0 saturated carbocycles. The van der Waals surface area contributed by atoms with Crippen LogP contribution in [0.25, 0.3) is 0 Å². The van der Waals surface area contributed by atoms with Crippen molar-refractivity contribution in [1.82, 2.24) is 0 Å². The van der Waals surface area contributed by atoms with Gasteiger partial charge in [0.2, 0.25) is 0 Å². The number of hydrogen-bond donors (Lipinski definition) is 1. The molecule has 0 bridgehead atoms. The van der Waals surface area contributed by atoms with Crippen molar-refractivity contribution in [1.29, 1.82) is 0 Å². The van der Waals surface area contributed by atoms with Gasteiger partial charge in [-0.2, -0.15) is 0 Å². The summed E-state index contributed by atoms with van der Waals surface area (Å²) in [5.41, 5.74) is 5.05. The summed E-state index contributed by atoms with van der Waals surface area (Å²) in [6, 6.07) is 0. The van der Waals surface area contributed by atoms with Crippen molar-refractivity contribution in [3.05, 3.63) is 34.9 Å². The standard InChI is InChI=1S/C20H28O2/c1-6-20(5)10-11-22-18-15(12-20)13(2)14-8-7-9-19(3,4)16(14)17(18)21/h6,21H,1,7-12H2,2-5H3. The van der Waals surface area contributed by atoms with Crippen LogP contribution in [0.15, 0.2) is 12.7 Å². The van der Waals surface area contributed by atoms with Gasteiger partial charge in [-0.25, -0.2) is 0 Å². The Hall–Kier alpha value is -1.44. The number of allylic oxidation sites excluding steroid dienone is 1. The van der Waals surface area contributed by atoms with Gasteiger partial charge in [0, 0.05) is 11.1 Å². The summed E-state index contributed by atoms with van der Waals surface area (Å²) in [6.07, 6.45) is 7.27. The van der Waals surface area contributed by atoms with Gasteiger partial charge in [-0.3, -0.25) is 0 Å². The summed E-state index contributed by atoms with van der Waals surface area (Å²) in [4.78, 5) is 0. The highest BCUT2D eigenvalue weighted by atomic mass is 16.5. The molecule has 1 N–H and O–H groups in total. The third-order valence-corrected chi connectivity index (χ3v) is 5.83. The van der Waals surface area contributed by atoms with Crippen LogP contribution in [0, 0.1) is 12.3 Å². The first kappa shape index (κ1) is 15.5. The van der Waals surface area contributed by atoms with E-state index in [1.165, 1.54) is 23.1 Å². The van der Waals surface area contributed by atoms with Crippen LogP contribution in [0.5, 0.6) is 11.5 Å². The molecule has 2 nitrogen and oxygen atoms in total. The highest BCUT2D eigenvalue weighted by Gasteiger charge is 2.37. The van der Waals surface area contributed by atoms with Crippen LogP contribution in [-0.4, -0.2) is 11.7 Å². The lowest BCUT2D eigenvalue weighted by molar-refractivity contribution is 0.260. The second kappa shape index (κ2) is 5.04. The van der Waals surface area contributed by atoms with Gasteiger partial charge in [0.25, 0.3) is 0 Å². The summed E-state index contributed by atoms with van der Waals surface area (Å²) >= 11 is 0. The van der Waals surface area contributed by atoms with E-state index in [-0.39, 0.29) is 10.8 Å². The van der Waals surface area contributed by atoms with Crippen LogP contribution in [0.3, 0.4) is 0 Å². The van der Waals surface area contributed by atoms with E-state index in [0.29, 0.717) is 12.4 Å². The molecule has 0 fully saturated rings. The Kier molecular flexibility index (Phi) is 3.54. The third kappa shape index (κ3) is 2.24.